The van der Waals surface area contributed by atoms with Crippen molar-refractivity contribution in [2.24, 2.45) is 0 Å². The summed E-state index contributed by atoms with van der Waals surface area (Å²) in [5.74, 6) is 0. The molecular formula is C6H15N3. The molecule has 1 rings (SSSR count). The Morgan fingerprint density at radius 3 is 3.11 bits per heavy atom. The average Bonchev–Trinajstić information content (AvgIpc) is 2.34. The van der Waals surface area contributed by atoms with Crippen LogP contribution in [-0.2, 0) is 0 Å². The highest BCUT2D eigenvalue weighted by atomic mass is 15.5. The average molecular weight is 129 g/mol. The summed E-state index contributed by atoms with van der Waals surface area (Å²) in [6.45, 7) is 4.56. The lowest BCUT2D eigenvalue weighted by Gasteiger charge is -2.13. The standard InChI is InChI=1S/C6H15N3/c1-7-4-6-9-5-2-3-8-9/h7-8H,2-6H2,1H3. The van der Waals surface area contributed by atoms with Crippen molar-refractivity contribution < 1.29 is 0 Å². The van der Waals surface area contributed by atoms with Crippen LogP contribution < -0.4 is 10.7 Å². The topological polar surface area (TPSA) is 27.3 Å². The fourth-order valence-corrected chi connectivity index (χ4v) is 1.02. The van der Waals surface area contributed by atoms with Gasteiger partial charge in [0.15, 0.2) is 0 Å². The molecule has 0 aromatic rings. The van der Waals surface area contributed by atoms with Crippen LogP contribution in [0.25, 0.3) is 0 Å². The Balaban J connectivity index is 1.98. The minimum atomic E-state index is 1.08. The van der Waals surface area contributed by atoms with Gasteiger partial charge in [0.1, 0.15) is 0 Å². The van der Waals surface area contributed by atoms with Crippen LogP contribution in [0.3, 0.4) is 0 Å². The van der Waals surface area contributed by atoms with Gasteiger partial charge < -0.3 is 5.32 Å². The summed E-state index contributed by atoms with van der Waals surface area (Å²) in [6, 6.07) is 0. The number of nitrogens with zero attached hydrogens (tertiary/aromatic N) is 1. The monoisotopic (exact) mass is 129 g/mol. The van der Waals surface area contributed by atoms with Gasteiger partial charge in [0.05, 0.1) is 0 Å². The Bertz CT molecular complexity index is 68.7. The van der Waals surface area contributed by atoms with Crippen LogP contribution in [0.2, 0.25) is 0 Å². The van der Waals surface area contributed by atoms with Crippen LogP contribution >= 0.6 is 0 Å². The molecule has 0 atom stereocenters. The molecule has 2 N–H and O–H groups in total. The van der Waals surface area contributed by atoms with E-state index in [4.69, 9.17) is 0 Å². The highest BCUT2D eigenvalue weighted by Gasteiger charge is 2.07. The van der Waals surface area contributed by atoms with Gasteiger partial charge in [-0.05, 0) is 13.5 Å². The SMILES string of the molecule is CNCCN1CCCN1. The Hall–Kier alpha value is -0.120. The molecule has 0 aromatic carbocycles. The van der Waals surface area contributed by atoms with Crippen molar-refractivity contribution in [3.8, 4) is 0 Å². The van der Waals surface area contributed by atoms with E-state index in [9.17, 15) is 0 Å². The fraction of sp³-hybridized carbons (Fsp3) is 1.00. The number of nitrogens with one attached hydrogen (secondary N) is 2. The van der Waals surface area contributed by atoms with E-state index in [0.717, 1.165) is 19.6 Å². The van der Waals surface area contributed by atoms with Crippen LogP contribution in [0.5, 0.6) is 0 Å². The van der Waals surface area contributed by atoms with E-state index in [-0.39, 0.29) is 0 Å². The van der Waals surface area contributed by atoms with Crippen LogP contribution in [-0.4, -0.2) is 38.2 Å². The smallest absolute Gasteiger partial charge is 0.0256 e. The van der Waals surface area contributed by atoms with Gasteiger partial charge in [-0.15, -0.1) is 0 Å². The number of rotatable bonds is 3. The molecule has 0 spiro atoms. The Morgan fingerprint density at radius 1 is 1.67 bits per heavy atom. The minimum absolute atomic E-state index is 1.08. The first-order valence-electron chi connectivity index (χ1n) is 3.56. The van der Waals surface area contributed by atoms with Crippen LogP contribution in [0.15, 0.2) is 0 Å². The molecule has 3 heteroatoms. The first-order valence-corrected chi connectivity index (χ1v) is 3.56. The third-order valence-corrected chi connectivity index (χ3v) is 1.57. The zero-order valence-corrected chi connectivity index (χ0v) is 5.98. The van der Waals surface area contributed by atoms with E-state index < -0.39 is 0 Å². The second kappa shape index (κ2) is 3.82. The molecule has 0 saturated carbocycles. The normalized spacial score (nSPS) is 21.0. The zero-order chi connectivity index (χ0) is 6.53. The first-order chi connectivity index (χ1) is 4.43. The molecule has 0 amide bonds. The summed E-state index contributed by atoms with van der Waals surface area (Å²) < 4.78 is 0. The van der Waals surface area contributed by atoms with Gasteiger partial charge in [0, 0.05) is 26.2 Å². The summed E-state index contributed by atoms with van der Waals surface area (Å²) in [4.78, 5) is 0. The van der Waals surface area contributed by atoms with Gasteiger partial charge in [0.25, 0.3) is 0 Å². The van der Waals surface area contributed by atoms with Crippen molar-refractivity contribution in [2.75, 3.05) is 33.2 Å². The highest BCUT2D eigenvalue weighted by Crippen LogP contribution is 1.92. The Morgan fingerprint density at radius 2 is 2.56 bits per heavy atom. The molecule has 3 nitrogen and oxygen atoms in total. The molecule has 9 heavy (non-hydrogen) atoms. The van der Waals surface area contributed by atoms with E-state index >= 15 is 0 Å². The van der Waals surface area contributed by atoms with Gasteiger partial charge in [0.2, 0.25) is 0 Å². The molecule has 0 aliphatic carbocycles. The fourth-order valence-electron chi connectivity index (χ4n) is 1.02. The molecule has 1 aliphatic heterocycles. The Labute approximate surface area is 56.4 Å². The van der Waals surface area contributed by atoms with Gasteiger partial charge in [-0.2, -0.15) is 0 Å². The molecular weight excluding hydrogens is 114 g/mol. The van der Waals surface area contributed by atoms with Crippen LogP contribution in [0.4, 0.5) is 0 Å². The maximum absolute atomic E-state index is 3.28. The van der Waals surface area contributed by atoms with Crippen molar-refractivity contribution in [1.29, 1.82) is 0 Å². The van der Waals surface area contributed by atoms with Crippen molar-refractivity contribution >= 4 is 0 Å². The van der Waals surface area contributed by atoms with Gasteiger partial charge >= 0.3 is 0 Å². The zero-order valence-electron chi connectivity index (χ0n) is 5.98. The predicted molar refractivity (Wildman–Crippen MR) is 38.1 cm³/mol. The summed E-state index contributed by atoms with van der Waals surface area (Å²) >= 11 is 0. The van der Waals surface area contributed by atoms with Crippen molar-refractivity contribution in [2.45, 2.75) is 6.42 Å². The predicted octanol–water partition coefficient (Wildman–Crippen LogP) is -0.584. The van der Waals surface area contributed by atoms with Gasteiger partial charge in [-0.1, -0.05) is 0 Å². The van der Waals surface area contributed by atoms with E-state index in [1.165, 1.54) is 13.0 Å². The maximum atomic E-state index is 3.28. The lowest BCUT2D eigenvalue weighted by molar-refractivity contribution is 0.256. The van der Waals surface area contributed by atoms with Gasteiger partial charge in [-0.25, -0.2) is 5.01 Å². The quantitative estimate of drug-likeness (QED) is 0.533. The third kappa shape index (κ3) is 2.30. The highest BCUT2D eigenvalue weighted by molar-refractivity contribution is 4.61. The molecule has 1 heterocycles. The van der Waals surface area contributed by atoms with E-state index in [1.807, 2.05) is 7.05 Å². The lowest BCUT2D eigenvalue weighted by atomic mass is 10.4. The first kappa shape index (κ1) is 6.99. The molecule has 0 unspecified atom stereocenters. The molecule has 1 aliphatic rings. The second-order valence-electron chi connectivity index (χ2n) is 2.35. The molecule has 1 saturated heterocycles. The minimum Gasteiger partial charge on any atom is -0.318 e. The molecule has 1 fully saturated rings. The van der Waals surface area contributed by atoms with Gasteiger partial charge in [-0.3, -0.25) is 5.43 Å². The van der Waals surface area contributed by atoms with Crippen molar-refractivity contribution in [3.05, 3.63) is 0 Å². The van der Waals surface area contributed by atoms with Crippen LogP contribution in [0, 0.1) is 0 Å². The lowest BCUT2D eigenvalue weighted by Crippen LogP contribution is -2.35. The number of likely N-dealkylation sites (N-methyl/N-ethyl adjacent to an activating group) is 1. The molecule has 0 aromatic heterocycles. The van der Waals surface area contributed by atoms with Crippen molar-refractivity contribution in [3.63, 3.8) is 0 Å². The summed E-state index contributed by atoms with van der Waals surface area (Å²) in [5, 5.41) is 5.37. The Kier molecular flexibility index (Phi) is 2.97. The largest absolute Gasteiger partial charge is 0.318 e. The third-order valence-electron chi connectivity index (χ3n) is 1.57. The van der Waals surface area contributed by atoms with E-state index in [0.29, 0.717) is 0 Å². The molecule has 0 bridgehead atoms. The molecule has 54 valence electrons. The number of hydrogen-bond acceptors (Lipinski definition) is 3. The number of hydrazine groups is 1. The summed E-state index contributed by atoms with van der Waals surface area (Å²) in [7, 11) is 1.98. The summed E-state index contributed by atoms with van der Waals surface area (Å²) in [5.41, 5.74) is 3.28. The van der Waals surface area contributed by atoms with E-state index in [1.54, 1.807) is 0 Å². The number of hydrogen-bond donors (Lipinski definition) is 2. The van der Waals surface area contributed by atoms with Crippen molar-refractivity contribution in [1.82, 2.24) is 15.8 Å². The van der Waals surface area contributed by atoms with E-state index in [2.05, 4.69) is 15.8 Å². The van der Waals surface area contributed by atoms with Crippen LogP contribution in [0.1, 0.15) is 6.42 Å². The second-order valence-corrected chi connectivity index (χ2v) is 2.35. The summed E-state index contributed by atoms with van der Waals surface area (Å²) in [6.07, 6.45) is 1.30. The maximum Gasteiger partial charge on any atom is 0.0256 e. The molecule has 0 radical (unpaired) electrons.